The molecule has 0 radical (unpaired) electrons. The highest BCUT2D eigenvalue weighted by atomic mass is 32.2. The van der Waals surface area contributed by atoms with Crippen LogP contribution in [0.4, 0.5) is 11.4 Å². The van der Waals surface area contributed by atoms with Crippen LogP contribution >= 0.6 is 0 Å². The van der Waals surface area contributed by atoms with Gasteiger partial charge in [0, 0.05) is 22.5 Å². The Morgan fingerprint density at radius 1 is 0.686 bits per heavy atom. The van der Waals surface area contributed by atoms with Gasteiger partial charge in [-0.3, -0.25) is 14.3 Å². The zero-order valence-corrected chi connectivity index (χ0v) is 19.2. The monoisotopic (exact) mass is 487 g/mol. The molecule has 9 heteroatoms. The molecule has 0 fully saturated rings. The summed E-state index contributed by atoms with van der Waals surface area (Å²) in [4.78, 5) is 23.9. The molecule has 0 atom stereocenters. The van der Waals surface area contributed by atoms with Crippen molar-refractivity contribution >= 4 is 33.2 Å². The van der Waals surface area contributed by atoms with Crippen LogP contribution in [0.2, 0.25) is 0 Å². The third-order valence-corrected chi connectivity index (χ3v) is 6.28. The van der Waals surface area contributed by atoms with Crippen molar-refractivity contribution in [1.29, 1.82) is 0 Å². The van der Waals surface area contributed by atoms with E-state index < -0.39 is 21.8 Å². The average Bonchev–Trinajstić information content (AvgIpc) is 2.86. The molecule has 0 saturated carbocycles. The molecular weight excluding hydrogens is 466 g/mol. The number of hydrogen-bond donors (Lipinski definition) is 3. The van der Waals surface area contributed by atoms with E-state index in [4.69, 9.17) is 10.5 Å². The van der Waals surface area contributed by atoms with E-state index in [9.17, 15) is 18.0 Å². The summed E-state index contributed by atoms with van der Waals surface area (Å²) in [5, 5.41) is 2.63. The van der Waals surface area contributed by atoms with E-state index in [-0.39, 0.29) is 16.0 Å². The van der Waals surface area contributed by atoms with Gasteiger partial charge in [0.2, 0.25) is 5.91 Å². The first-order valence-corrected chi connectivity index (χ1v) is 12.0. The number of amides is 2. The SMILES string of the molecule is NC(=O)c1cccc(NC(=O)c2cccc(S(=O)(=O)Nc3ccc(Oc4ccccc4)cc3)c2)c1. The predicted octanol–water partition coefficient (Wildman–Crippen LogP) is 4.63. The van der Waals surface area contributed by atoms with E-state index in [1.807, 2.05) is 30.3 Å². The Kier molecular flexibility index (Phi) is 6.79. The molecule has 0 heterocycles. The van der Waals surface area contributed by atoms with E-state index in [1.54, 1.807) is 36.4 Å². The Hall–Kier alpha value is -4.63. The molecule has 4 rings (SSSR count). The Bertz CT molecular complexity index is 1470. The maximum Gasteiger partial charge on any atom is 0.261 e. The molecule has 35 heavy (non-hydrogen) atoms. The Morgan fingerprint density at radius 3 is 2.06 bits per heavy atom. The molecule has 0 aliphatic heterocycles. The maximum absolute atomic E-state index is 12.9. The number of hydrogen-bond acceptors (Lipinski definition) is 5. The lowest BCUT2D eigenvalue weighted by Gasteiger charge is -2.11. The largest absolute Gasteiger partial charge is 0.457 e. The second kappa shape index (κ2) is 10.1. The zero-order chi connectivity index (χ0) is 24.8. The first-order valence-electron chi connectivity index (χ1n) is 10.5. The van der Waals surface area contributed by atoms with Crippen molar-refractivity contribution in [3.05, 3.63) is 114 Å². The van der Waals surface area contributed by atoms with Crippen LogP contribution in [0, 0.1) is 0 Å². The summed E-state index contributed by atoms with van der Waals surface area (Å²) in [6, 6.07) is 27.4. The molecule has 0 aromatic heterocycles. The van der Waals surface area contributed by atoms with Crippen LogP contribution in [0.15, 0.2) is 108 Å². The van der Waals surface area contributed by atoms with Gasteiger partial charge in [-0.15, -0.1) is 0 Å². The number of sulfonamides is 1. The van der Waals surface area contributed by atoms with Crippen molar-refractivity contribution in [2.45, 2.75) is 4.90 Å². The average molecular weight is 488 g/mol. The fourth-order valence-electron chi connectivity index (χ4n) is 3.19. The minimum absolute atomic E-state index is 0.0827. The van der Waals surface area contributed by atoms with Crippen molar-refractivity contribution in [2.75, 3.05) is 10.0 Å². The summed E-state index contributed by atoms with van der Waals surface area (Å²) < 4.78 is 34.0. The molecule has 0 aliphatic carbocycles. The molecule has 4 N–H and O–H groups in total. The maximum atomic E-state index is 12.9. The lowest BCUT2D eigenvalue weighted by molar-refractivity contribution is 0.0996. The van der Waals surface area contributed by atoms with Gasteiger partial charge in [-0.1, -0.05) is 30.3 Å². The summed E-state index contributed by atoms with van der Waals surface area (Å²) in [7, 11) is -3.96. The molecule has 8 nitrogen and oxygen atoms in total. The van der Waals surface area contributed by atoms with Crippen molar-refractivity contribution in [2.24, 2.45) is 5.73 Å². The fraction of sp³-hybridized carbons (Fsp3) is 0. The lowest BCUT2D eigenvalue weighted by Crippen LogP contribution is -2.16. The number of rotatable bonds is 8. The lowest BCUT2D eigenvalue weighted by atomic mass is 10.1. The van der Waals surface area contributed by atoms with Gasteiger partial charge in [0.15, 0.2) is 0 Å². The third-order valence-electron chi connectivity index (χ3n) is 4.90. The summed E-state index contributed by atoms with van der Waals surface area (Å²) in [5.41, 5.74) is 6.33. The summed E-state index contributed by atoms with van der Waals surface area (Å²) in [6.45, 7) is 0. The fourth-order valence-corrected chi connectivity index (χ4v) is 4.29. The van der Waals surface area contributed by atoms with Crippen LogP contribution in [-0.4, -0.2) is 20.2 Å². The van der Waals surface area contributed by atoms with Gasteiger partial charge in [-0.05, 0) is 72.8 Å². The molecule has 4 aromatic rings. The Labute approximate surface area is 202 Å². The summed E-state index contributed by atoms with van der Waals surface area (Å²) >= 11 is 0. The van der Waals surface area contributed by atoms with Gasteiger partial charge in [0.25, 0.3) is 15.9 Å². The molecule has 4 aromatic carbocycles. The second-order valence-electron chi connectivity index (χ2n) is 7.47. The van der Waals surface area contributed by atoms with E-state index in [1.165, 1.54) is 36.4 Å². The molecule has 0 aliphatic rings. The standard InChI is InChI=1S/C26H21N3O5S/c27-25(30)18-6-4-8-21(16-18)28-26(31)19-7-5-11-24(17-19)35(32,33)29-20-12-14-23(15-13-20)34-22-9-2-1-3-10-22/h1-17,29H,(H2,27,30)(H,28,31). The van der Waals surface area contributed by atoms with E-state index >= 15 is 0 Å². The third kappa shape index (κ3) is 6.04. The smallest absolute Gasteiger partial charge is 0.261 e. The number of para-hydroxylation sites is 1. The van der Waals surface area contributed by atoms with E-state index in [0.29, 0.717) is 22.9 Å². The van der Waals surface area contributed by atoms with Crippen molar-refractivity contribution in [1.82, 2.24) is 0 Å². The van der Waals surface area contributed by atoms with Crippen LogP contribution in [0.5, 0.6) is 11.5 Å². The molecule has 176 valence electrons. The number of ether oxygens (including phenoxy) is 1. The Balaban J connectivity index is 1.46. The zero-order valence-electron chi connectivity index (χ0n) is 18.3. The molecule has 0 bridgehead atoms. The molecule has 0 spiro atoms. The van der Waals surface area contributed by atoms with Gasteiger partial charge in [-0.25, -0.2) is 8.42 Å². The van der Waals surface area contributed by atoms with Crippen molar-refractivity contribution < 1.29 is 22.7 Å². The van der Waals surface area contributed by atoms with Crippen LogP contribution in [0.1, 0.15) is 20.7 Å². The first kappa shape index (κ1) is 23.5. The highest BCUT2D eigenvalue weighted by Crippen LogP contribution is 2.24. The van der Waals surface area contributed by atoms with Crippen LogP contribution < -0.4 is 20.5 Å². The highest BCUT2D eigenvalue weighted by molar-refractivity contribution is 7.92. The first-order chi connectivity index (χ1) is 16.8. The number of primary amides is 1. The number of carbonyl (C=O) groups excluding carboxylic acids is 2. The van der Waals surface area contributed by atoms with Gasteiger partial charge in [0.05, 0.1) is 4.90 Å². The number of anilines is 2. The van der Waals surface area contributed by atoms with Gasteiger partial charge < -0.3 is 15.8 Å². The summed E-state index contributed by atoms with van der Waals surface area (Å²) in [5.74, 6) is 0.0570. The number of benzene rings is 4. The topological polar surface area (TPSA) is 128 Å². The van der Waals surface area contributed by atoms with Gasteiger partial charge >= 0.3 is 0 Å². The quantitative estimate of drug-likeness (QED) is 0.334. The Morgan fingerprint density at radius 2 is 1.34 bits per heavy atom. The van der Waals surface area contributed by atoms with E-state index in [2.05, 4.69) is 10.0 Å². The minimum atomic E-state index is -3.96. The van der Waals surface area contributed by atoms with Gasteiger partial charge in [-0.2, -0.15) is 0 Å². The molecule has 0 saturated heterocycles. The van der Waals surface area contributed by atoms with Crippen LogP contribution in [0.25, 0.3) is 0 Å². The minimum Gasteiger partial charge on any atom is -0.457 e. The number of nitrogens with one attached hydrogen (secondary N) is 2. The van der Waals surface area contributed by atoms with Crippen LogP contribution in [0.3, 0.4) is 0 Å². The van der Waals surface area contributed by atoms with Gasteiger partial charge in [0.1, 0.15) is 11.5 Å². The molecule has 2 amide bonds. The highest BCUT2D eigenvalue weighted by Gasteiger charge is 2.17. The summed E-state index contributed by atoms with van der Waals surface area (Å²) in [6.07, 6.45) is 0. The molecular formula is C26H21N3O5S. The molecule has 0 unspecified atom stereocenters. The van der Waals surface area contributed by atoms with Crippen molar-refractivity contribution in [3.8, 4) is 11.5 Å². The predicted molar refractivity (Wildman–Crippen MR) is 133 cm³/mol. The normalized spacial score (nSPS) is 10.9. The van der Waals surface area contributed by atoms with E-state index in [0.717, 1.165) is 0 Å². The van der Waals surface area contributed by atoms with Crippen LogP contribution in [-0.2, 0) is 10.0 Å². The van der Waals surface area contributed by atoms with Crippen molar-refractivity contribution in [3.63, 3.8) is 0 Å². The number of carbonyl (C=O) groups is 2. The number of nitrogens with two attached hydrogens (primary N) is 1. The second-order valence-corrected chi connectivity index (χ2v) is 9.15.